The third kappa shape index (κ3) is 3.78. The van der Waals surface area contributed by atoms with Crippen LogP contribution >= 0.6 is 11.8 Å². The van der Waals surface area contributed by atoms with E-state index in [1.165, 1.54) is 0 Å². The molecule has 0 unspecified atom stereocenters. The summed E-state index contributed by atoms with van der Waals surface area (Å²) in [5, 5.41) is 23.4. The van der Waals surface area contributed by atoms with E-state index >= 15 is 0 Å². The Kier molecular flexibility index (Phi) is 7.30. The molecule has 1 N–H and O–H groups in total. The summed E-state index contributed by atoms with van der Waals surface area (Å²) in [6.45, 7) is 9.20. The topological polar surface area (TPSA) is 84.6 Å². The van der Waals surface area contributed by atoms with E-state index in [-0.39, 0.29) is 22.8 Å². The lowest BCUT2D eigenvalue weighted by Gasteiger charge is -2.26. The number of hydrogen-bond acceptors (Lipinski definition) is 5. The Bertz CT molecular complexity index is 929. The van der Waals surface area contributed by atoms with Gasteiger partial charge in [-0.3, -0.25) is 9.59 Å². The highest BCUT2D eigenvalue weighted by Gasteiger charge is 2.32. The van der Waals surface area contributed by atoms with Gasteiger partial charge in [0.25, 0.3) is 11.8 Å². The molecular weight excluding hydrogens is 374 g/mol. The van der Waals surface area contributed by atoms with Crippen molar-refractivity contribution in [2.75, 3.05) is 26.2 Å². The zero-order chi connectivity index (χ0) is 20.8. The molecule has 0 aromatic heterocycles. The predicted octanol–water partition coefficient (Wildman–Crippen LogP) is 4.08. The van der Waals surface area contributed by atoms with E-state index < -0.39 is 5.91 Å². The third-order valence-corrected chi connectivity index (χ3v) is 5.54. The van der Waals surface area contributed by atoms with Gasteiger partial charge in [-0.25, -0.2) is 0 Å². The smallest absolute Gasteiger partial charge is 0.258 e. The maximum atomic E-state index is 13.3. The number of carbonyl (C=O) groups excluding carboxylic acids is 2. The summed E-state index contributed by atoms with van der Waals surface area (Å²) >= 11 is 0.842. The lowest BCUT2D eigenvalue weighted by Crippen LogP contribution is -2.36. The van der Waals surface area contributed by atoms with Crippen molar-refractivity contribution >= 4 is 34.3 Å². The number of nitrogens with zero attached hydrogens (tertiary/aromatic N) is 3. The van der Waals surface area contributed by atoms with Crippen molar-refractivity contribution in [2.45, 2.75) is 32.6 Å². The summed E-state index contributed by atoms with van der Waals surface area (Å²) in [6, 6.07) is 6.97. The first kappa shape index (κ1) is 21.6. The van der Waals surface area contributed by atoms with Crippen molar-refractivity contribution < 1.29 is 14.7 Å². The second-order valence-electron chi connectivity index (χ2n) is 6.12. The van der Waals surface area contributed by atoms with Crippen LogP contribution in [-0.2, 0) is 0 Å². The van der Waals surface area contributed by atoms with Gasteiger partial charge in [-0.15, -0.1) is 0 Å². The highest BCUT2D eigenvalue weighted by atomic mass is 32.2. The Balaban J connectivity index is 2.97. The minimum Gasteiger partial charge on any atom is -0.506 e. The number of carbonyl (C=O) groups is 2. The predicted molar refractivity (Wildman–Crippen MR) is 112 cm³/mol. The standard InChI is InChI=1S/C21H25N3O3S/c1-5-23(6-2)20(26)16-17(21(27)24(7-3)8-4)19(28-13-22)15-12-10-9-11-14(15)18(16)25/h9-12,25H,5-8H2,1-4H3. The van der Waals surface area contributed by atoms with Crippen molar-refractivity contribution in [2.24, 2.45) is 0 Å². The second kappa shape index (κ2) is 9.47. The average molecular weight is 400 g/mol. The van der Waals surface area contributed by atoms with Gasteiger partial charge in [0.2, 0.25) is 0 Å². The van der Waals surface area contributed by atoms with Gasteiger partial charge < -0.3 is 14.9 Å². The summed E-state index contributed by atoms with van der Waals surface area (Å²) in [5.74, 6) is -0.992. The van der Waals surface area contributed by atoms with Crippen LogP contribution < -0.4 is 0 Å². The van der Waals surface area contributed by atoms with Crippen LogP contribution in [-0.4, -0.2) is 52.9 Å². The van der Waals surface area contributed by atoms with Crippen LogP contribution in [0.5, 0.6) is 5.75 Å². The summed E-state index contributed by atoms with van der Waals surface area (Å²) in [6.07, 6.45) is 0. The minimum atomic E-state index is -0.413. The molecule has 0 saturated carbocycles. The summed E-state index contributed by atoms with van der Waals surface area (Å²) < 4.78 is 0. The molecule has 0 aliphatic heterocycles. The molecule has 2 aromatic rings. The van der Waals surface area contributed by atoms with Gasteiger partial charge in [0.1, 0.15) is 11.2 Å². The molecule has 28 heavy (non-hydrogen) atoms. The molecule has 0 spiro atoms. The molecule has 0 fully saturated rings. The van der Waals surface area contributed by atoms with Gasteiger partial charge in [0.05, 0.1) is 11.1 Å². The summed E-state index contributed by atoms with van der Waals surface area (Å²) in [4.78, 5) is 30.2. The second-order valence-corrected chi connectivity index (χ2v) is 6.92. The van der Waals surface area contributed by atoms with Crippen LogP contribution in [0.1, 0.15) is 48.4 Å². The van der Waals surface area contributed by atoms with E-state index in [0.717, 1.165) is 11.8 Å². The molecule has 2 rings (SSSR count). The Morgan fingerprint density at radius 1 is 0.929 bits per heavy atom. The molecule has 0 heterocycles. The summed E-state index contributed by atoms with van der Waals surface area (Å²) in [5.41, 5.74) is 0.0698. The monoisotopic (exact) mass is 399 g/mol. The fraction of sp³-hybridized carbons (Fsp3) is 0.381. The molecule has 0 atom stereocenters. The number of thiocyanates is 1. The van der Waals surface area contributed by atoms with E-state index in [9.17, 15) is 20.0 Å². The molecule has 0 radical (unpaired) electrons. The Hall–Kier alpha value is -2.72. The van der Waals surface area contributed by atoms with Crippen molar-refractivity contribution in [3.8, 4) is 11.2 Å². The molecule has 2 amide bonds. The van der Waals surface area contributed by atoms with Crippen LogP contribution in [0.25, 0.3) is 10.8 Å². The first-order valence-electron chi connectivity index (χ1n) is 9.38. The van der Waals surface area contributed by atoms with E-state index in [0.29, 0.717) is 41.8 Å². The lowest BCUT2D eigenvalue weighted by molar-refractivity contribution is 0.0728. The van der Waals surface area contributed by atoms with Gasteiger partial charge in [0.15, 0.2) is 0 Å². The fourth-order valence-electron chi connectivity index (χ4n) is 3.29. The molecule has 0 saturated heterocycles. The molecule has 2 aromatic carbocycles. The van der Waals surface area contributed by atoms with Gasteiger partial charge in [-0.05, 0) is 39.5 Å². The quantitative estimate of drug-likeness (QED) is 0.560. The number of rotatable bonds is 7. The van der Waals surface area contributed by atoms with Crippen molar-refractivity contribution in [3.05, 3.63) is 35.4 Å². The molecular formula is C21H25N3O3S. The maximum absolute atomic E-state index is 13.3. The van der Waals surface area contributed by atoms with Gasteiger partial charge in [-0.1, -0.05) is 24.3 Å². The molecule has 6 nitrogen and oxygen atoms in total. The fourth-order valence-corrected chi connectivity index (χ4v) is 3.96. The number of phenolic OH excluding ortho intramolecular Hbond substituents is 1. The van der Waals surface area contributed by atoms with Crippen molar-refractivity contribution in [1.82, 2.24) is 9.80 Å². The number of phenols is 1. The highest BCUT2D eigenvalue weighted by molar-refractivity contribution is 8.04. The number of nitriles is 1. The zero-order valence-electron chi connectivity index (χ0n) is 16.7. The molecule has 0 bridgehead atoms. The minimum absolute atomic E-state index is 0.0305. The van der Waals surface area contributed by atoms with Crippen LogP contribution in [0.2, 0.25) is 0 Å². The molecule has 7 heteroatoms. The van der Waals surface area contributed by atoms with Crippen LogP contribution in [0.4, 0.5) is 0 Å². The lowest BCUT2D eigenvalue weighted by atomic mass is 9.96. The van der Waals surface area contributed by atoms with E-state index in [1.807, 2.05) is 33.1 Å². The molecule has 148 valence electrons. The molecule has 0 aliphatic carbocycles. The summed E-state index contributed by atoms with van der Waals surface area (Å²) in [7, 11) is 0. The number of amides is 2. The number of hydrogen-bond donors (Lipinski definition) is 1. The van der Waals surface area contributed by atoms with E-state index in [4.69, 9.17) is 0 Å². The van der Waals surface area contributed by atoms with Crippen LogP contribution in [0, 0.1) is 10.7 Å². The van der Waals surface area contributed by atoms with Crippen molar-refractivity contribution in [1.29, 1.82) is 5.26 Å². The van der Waals surface area contributed by atoms with E-state index in [2.05, 4.69) is 0 Å². The van der Waals surface area contributed by atoms with Gasteiger partial charge in [0, 0.05) is 41.8 Å². The first-order valence-corrected chi connectivity index (χ1v) is 10.2. The highest BCUT2D eigenvalue weighted by Crippen LogP contribution is 2.41. The number of fused-ring (bicyclic) bond motifs is 1. The van der Waals surface area contributed by atoms with Gasteiger partial charge >= 0.3 is 0 Å². The Morgan fingerprint density at radius 3 is 1.86 bits per heavy atom. The Labute approximate surface area is 169 Å². The average Bonchev–Trinajstić information content (AvgIpc) is 2.71. The van der Waals surface area contributed by atoms with Crippen molar-refractivity contribution in [3.63, 3.8) is 0 Å². The number of thioether (sulfide) groups is 1. The largest absolute Gasteiger partial charge is 0.506 e. The Morgan fingerprint density at radius 2 is 1.39 bits per heavy atom. The first-order chi connectivity index (χ1) is 13.5. The SMILES string of the molecule is CCN(CC)C(=O)c1c(C(=O)N(CC)CC)c(SC#N)c2ccccc2c1O. The molecule has 0 aliphatic rings. The van der Waals surface area contributed by atoms with E-state index in [1.54, 1.807) is 34.1 Å². The zero-order valence-corrected chi connectivity index (χ0v) is 17.5. The number of benzene rings is 2. The van der Waals surface area contributed by atoms with Gasteiger partial charge in [-0.2, -0.15) is 5.26 Å². The number of aromatic hydroxyl groups is 1. The van der Waals surface area contributed by atoms with Crippen LogP contribution in [0.3, 0.4) is 0 Å². The maximum Gasteiger partial charge on any atom is 0.258 e. The normalized spacial score (nSPS) is 10.5. The van der Waals surface area contributed by atoms with Crippen LogP contribution in [0.15, 0.2) is 29.2 Å². The third-order valence-electron chi connectivity index (χ3n) is 4.82.